The average Bonchev–Trinajstić information content (AvgIpc) is 3.16. The van der Waals surface area contributed by atoms with E-state index in [9.17, 15) is 0 Å². The van der Waals surface area contributed by atoms with Crippen molar-refractivity contribution in [2.75, 3.05) is 12.4 Å². The molecule has 2 aromatic rings. The lowest BCUT2D eigenvalue weighted by Crippen LogP contribution is -2.07. The molecule has 1 aromatic heterocycles. The third-order valence-corrected chi connectivity index (χ3v) is 4.22. The highest BCUT2D eigenvalue weighted by molar-refractivity contribution is 6.30. The van der Waals surface area contributed by atoms with E-state index in [0.717, 1.165) is 17.1 Å². The number of anilines is 1. The molecule has 1 N–H and O–H groups in total. The molecule has 112 valence electrons. The van der Waals surface area contributed by atoms with Crippen LogP contribution in [0, 0.1) is 0 Å². The van der Waals surface area contributed by atoms with Crippen molar-refractivity contribution in [3.8, 4) is 5.75 Å². The van der Waals surface area contributed by atoms with Crippen LogP contribution in [0.2, 0.25) is 5.02 Å². The molecule has 4 nitrogen and oxygen atoms in total. The number of benzene rings is 1. The second-order valence-electron chi connectivity index (χ2n) is 5.42. The molecule has 1 saturated carbocycles. The summed E-state index contributed by atoms with van der Waals surface area (Å²) in [7, 11) is 1.66. The lowest BCUT2D eigenvalue weighted by atomic mass is 10.3. The molecule has 1 fully saturated rings. The quantitative estimate of drug-likeness (QED) is 0.896. The van der Waals surface area contributed by atoms with Gasteiger partial charge in [-0.1, -0.05) is 24.4 Å². The van der Waals surface area contributed by atoms with Gasteiger partial charge in [-0.2, -0.15) is 5.10 Å². The molecule has 0 amide bonds. The average molecular weight is 306 g/mol. The predicted octanol–water partition coefficient (Wildman–Crippen LogP) is 4.27. The Morgan fingerprint density at radius 3 is 2.90 bits per heavy atom. The van der Waals surface area contributed by atoms with Crippen LogP contribution in [-0.4, -0.2) is 16.9 Å². The molecule has 0 atom stereocenters. The highest BCUT2D eigenvalue weighted by atomic mass is 35.5. The molecule has 1 aromatic carbocycles. The molecule has 1 aliphatic rings. The van der Waals surface area contributed by atoms with Gasteiger partial charge in [-0.15, -0.1) is 0 Å². The summed E-state index contributed by atoms with van der Waals surface area (Å²) in [5, 5.41) is 8.70. The van der Waals surface area contributed by atoms with Gasteiger partial charge in [0.15, 0.2) is 0 Å². The van der Waals surface area contributed by atoms with E-state index >= 15 is 0 Å². The molecule has 0 aliphatic heterocycles. The smallest absolute Gasteiger partial charge is 0.142 e. The summed E-state index contributed by atoms with van der Waals surface area (Å²) < 4.78 is 7.44. The van der Waals surface area contributed by atoms with E-state index in [0.29, 0.717) is 17.6 Å². The summed E-state index contributed by atoms with van der Waals surface area (Å²) in [6.45, 7) is 0.663. The van der Waals surface area contributed by atoms with E-state index in [-0.39, 0.29) is 0 Å². The van der Waals surface area contributed by atoms with E-state index in [1.54, 1.807) is 7.11 Å². The number of hydrogen-bond acceptors (Lipinski definition) is 3. The normalized spacial score (nSPS) is 15.3. The van der Waals surface area contributed by atoms with Gasteiger partial charge in [0.25, 0.3) is 0 Å². The maximum absolute atomic E-state index is 6.03. The van der Waals surface area contributed by atoms with Gasteiger partial charge in [-0.05, 0) is 37.1 Å². The first-order chi connectivity index (χ1) is 10.3. The Morgan fingerprint density at radius 2 is 2.14 bits per heavy atom. The van der Waals surface area contributed by atoms with E-state index in [2.05, 4.69) is 27.4 Å². The van der Waals surface area contributed by atoms with Crippen molar-refractivity contribution in [3.05, 3.63) is 41.2 Å². The van der Waals surface area contributed by atoms with Crippen LogP contribution in [-0.2, 0) is 6.54 Å². The van der Waals surface area contributed by atoms with Crippen molar-refractivity contribution < 1.29 is 4.74 Å². The molecular weight excluding hydrogens is 286 g/mol. The molecule has 0 spiro atoms. The topological polar surface area (TPSA) is 39.1 Å². The first kappa shape index (κ1) is 14.3. The summed E-state index contributed by atoms with van der Waals surface area (Å²) in [5.74, 6) is 0.787. The van der Waals surface area contributed by atoms with Crippen molar-refractivity contribution in [1.82, 2.24) is 9.78 Å². The van der Waals surface area contributed by atoms with Crippen LogP contribution in [0.4, 0.5) is 5.69 Å². The minimum absolute atomic E-state index is 0.583. The molecule has 0 saturated heterocycles. The van der Waals surface area contributed by atoms with Gasteiger partial charge < -0.3 is 10.1 Å². The Hall–Kier alpha value is -1.68. The Bertz CT molecular complexity index is 605. The first-order valence-electron chi connectivity index (χ1n) is 7.38. The fraction of sp³-hybridized carbons (Fsp3) is 0.438. The molecule has 21 heavy (non-hydrogen) atoms. The van der Waals surface area contributed by atoms with Gasteiger partial charge in [0.2, 0.25) is 0 Å². The highest BCUT2D eigenvalue weighted by Gasteiger charge is 2.17. The second kappa shape index (κ2) is 6.39. The van der Waals surface area contributed by atoms with Gasteiger partial charge in [0, 0.05) is 11.2 Å². The summed E-state index contributed by atoms with van der Waals surface area (Å²) in [5.41, 5.74) is 1.92. The van der Waals surface area contributed by atoms with Crippen LogP contribution in [0.1, 0.15) is 37.4 Å². The largest absolute Gasteiger partial charge is 0.495 e. The van der Waals surface area contributed by atoms with Crippen LogP contribution in [0.5, 0.6) is 5.75 Å². The molecule has 0 unspecified atom stereocenters. The lowest BCUT2D eigenvalue weighted by Gasteiger charge is -2.11. The van der Waals surface area contributed by atoms with Gasteiger partial charge in [0.1, 0.15) is 5.75 Å². The lowest BCUT2D eigenvalue weighted by molar-refractivity contribution is 0.416. The van der Waals surface area contributed by atoms with E-state index < -0.39 is 0 Å². The van der Waals surface area contributed by atoms with Crippen molar-refractivity contribution >= 4 is 17.3 Å². The molecular formula is C16H20ClN3O. The fourth-order valence-electron chi connectivity index (χ4n) is 2.85. The standard InChI is InChI=1S/C16H20ClN3O/c1-21-16-7-6-12(17)10-15(16)18-11-13-8-9-20(19-13)14-4-2-3-5-14/h6-10,14,18H,2-5,11H2,1H3. The summed E-state index contributed by atoms with van der Waals surface area (Å²) in [6.07, 6.45) is 7.21. The Morgan fingerprint density at radius 1 is 1.33 bits per heavy atom. The van der Waals surface area contributed by atoms with Crippen molar-refractivity contribution in [3.63, 3.8) is 0 Å². The summed E-state index contributed by atoms with van der Waals surface area (Å²) in [4.78, 5) is 0. The Labute approximate surface area is 130 Å². The van der Waals surface area contributed by atoms with E-state index in [1.165, 1.54) is 25.7 Å². The van der Waals surface area contributed by atoms with Crippen LogP contribution < -0.4 is 10.1 Å². The zero-order chi connectivity index (χ0) is 14.7. The minimum atomic E-state index is 0.583. The molecule has 1 heterocycles. The molecule has 0 bridgehead atoms. The van der Waals surface area contributed by atoms with Crippen LogP contribution >= 0.6 is 11.6 Å². The number of nitrogens with one attached hydrogen (secondary N) is 1. The van der Waals surface area contributed by atoms with Crippen LogP contribution in [0.15, 0.2) is 30.5 Å². The number of nitrogens with zero attached hydrogens (tertiary/aromatic N) is 2. The van der Waals surface area contributed by atoms with Crippen molar-refractivity contribution in [1.29, 1.82) is 0 Å². The van der Waals surface area contributed by atoms with Gasteiger partial charge in [-0.3, -0.25) is 4.68 Å². The molecule has 1 aliphatic carbocycles. The van der Waals surface area contributed by atoms with Gasteiger partial charge in [-0.25, -0.2) is 0 Å². The third kappa shape index (κ3) is 3.32. The SMILES string of the molecule is COc1ccc(Cl)cc1NCc1ccn(C2CCCC2)n1. The van der Waals surface area contributed by atoms with Gasteiger partial charge >= 0.3 is 0 Å². The Kier molecular flexibility index (Phi) is 4.34. The first-order valence-corrected chi connectivity index (χ1v) is 7.75. The number of aromatic nitrogens is 2. The predicted molar refractivity (Wildman–Crippen MR) is 85.1 cm³/mol. The van der Waals surface area contributed by atoms with Crippen LogP contribution in [0.3, 0.4) is 0 Å². The minimum Gasteiger partial charge on any atom is -0.495 e. The van der Waals surface area contributed by atoms with Gasteiger partial charge in [0.05, 0.1) is 31.1 Å². The van der Waals surface area contributed by atoms with E-state index in [1.807, 2.05) is 18.2 Å². The summed E-state index contributed by atoms with van der Waals surface area (Å²) >= 11 is 6.03. The number of ether oxygens (including phenoxy) is 1. The number of methoxy groups -OCH3 is 1. The zero-order valence-electron chi connectivity index (χ0n) is 12.2. The van der Waals surface area contributed by atoms with Crippen molar-refractivity contribution in [2.45, 2.75) is 38.3 Å². The fourth-order valence-corrected chi connectivity index (χ4v) is 3.02. The molecule has 0 radical (unpaired) electrons. The molecule has 5 heteroatoms. The molecule has 3 rings (SSSR count). The van der Waals surface area contributed by atoms with Crippen molar-refractivity contribution in [2.24, 2.45) is 0 Å². The zero-order valence-corrected chi connectivity index (χ0v) is 12.9. The number of rotatable bonds is 5. The third-order valence-electron chi connectivity index (χ3n) is 3.98. The number of halogens is 1. The summed E-state index contributed by atoms with van der Waals surface area (Å²) in [6, 6.07) is 8.21. The van der Waals surface area contributed by atoms with E-state index in [4.69, 9.17) is 16.3 Å². The highest BCUT2D eigenvalue weighted by Crippen LogP contribution is 2.30. The monoisotopic (exact) mass is 305 g/mol. The van der Waals surface area contributed by atoms with Crippen LogP contribution in [0.25, 0.3) is 0 Å². The maximum atomic E-state index is 6.03. The number of hydrogen-bond donors (Lipinski definition) is 1. The maximum Gasteiger partial charge on any atom is 0.142 e. The Balaban J connectivity index is 1.66. The second-order valence-corrected chi connectivity index (χ2v) is 5.86.